The molecule has 0 aliphatic heterocycles. The third-order valence-electron chi connectivity index (χ3n) is 5.65. The van der Waals surface area contributed by atoms with Crippen LogP contribution in [0, 0.1) is 6.92 Å². The Balaban J connectivity index is 1.54. The van der Waals surface area contributed by atoms with Crippen molar-refractivity contribution in [3.63, 3.8) is 0 Å². The Morgan fingerprint density at radius 3 is 2.10 bits per heavy atom. The standard InChI is InChI=1S/C24H25F3N4/c1-16-7-11-19(12-8-16)29-22-21(24(25,26)27)15-28-23(31-22)30-20-13-9-18(10-14-20)17-5-3-2-4-6-17/h7-15,17H,2-6H2,1H3,(H2,28,29,30,31). The summed E-state index contributed by atoms with van der Waals surface area (Å²) < 4.78 is 40.4. The summed E-state index contributed by atoms with van der Waals surface area (Å²) in [7, 11) is 0. The molecule has 1 saturated carbocycles. The quantitative estimate of drug-likeness (QED) is 0.448. The predicted molar refractivity (Wildman–Crippen MR) is 117 cm³/mol. The Bertz CT molecular complexity index is 1010. The van der Waals surface area contributed by atoms with Crippen molar-refractivity contribution in [1.82, 2.24) is 9.97 Å². The Kier molecular flexibility index (Phi) is 6.11. The molecular weight excluding hydrogens is 401 g/mol. The van der Waals surface area contributed by atoms with E-state index >= 15 is 0 Å². The van der Waals surface area contributed by atoms with Crippen LogP contribution in [-0.4, -0.2) is 9.97 Å². The van der Waals surface area contributed by atoms with E-state index < -0.39 is 11.7 Å². The largest absolute Gasteiger partial charge is 0.421 e. The molecular formula is C24H25F3N4. The third kappa shape index (κ3) is 5.34. The summed E-state index contributed by atoms with van der Waals surface area (Å²) in [5.74, 6) is 0.413. The molecule has 0 radical (unpaired) electrons. The molecule has 4 rings (SSSR count). The van der Waals surface area contributed by atoms with Crippen molar-refractivity contribution in [2.75, 3.05) is 10.6 Å². The summed E-state index contributed by atoms with van der Waals surface area (Å²) >= 11 is 0. The summed E-state index contributed by atoms with van der Waals surface area (Å²) in [6.07, 6.45) is 2.50. The fourth-order valence-electron chi connectivity index (χ4n) is 3.92. The van der Waals surface area contributed by atoms with E-state index in [1.54, 1.807) is 12.1 Å². The fraction of sp³-hybridized carbons (Fsp3) is 0.333. The number of anilines is 4. The van der Waals surface area contributed by atoms with Crippen molar-refractivity contribution in [2.24, 2.45) is 0 Å². The molecule has 31 heavy (non-hydrogen) atoms. The lowest BCUT2D eigenvalue weighted by Gasteiger charge is -2.22. The molecule has 1 aromatic heterocycles. The van der Waals surface area contributed by atoms with E-state index in [9.17, 15) is 13.2 Å². The van der Waals surface area contributed by atoms with Crippen LogP contribution in [-0.2, 0) is 6.18 Å². The first-order valence-corrected chi connectivity index (χ1v) is 10.5. The van der Waals surface area contributed by atoms with Crippen LogP contribution in [0.4, 0.5) is 36.3 Å². The molecule has 0 atom stereocenters. The molecule has 0 bridgehead atoms. The molecule has 3 aromatic rings. The highest BCUT2D eigenvalue weighted by atomic mass is 19.4. The van der Waals surface area contributed by atoms with Gasteiger partial charge in [-0.05, 0) is 55.5 Å². The number of hydrogen-bond donors (Lipinski definition) is 2. The first kappa shape index (κ1) is 21.2. The molecule has 0 saturated heterocycles. The Morgan fingerprint density at radius 2 is 1.45 bits per heavy atom. The van der Waals surface area contributed by atoms with E-state index in [-0.39, 0.29) is 11.8 Å². The molecule has 1 aliphatic rings. The van der Waals surface area contributed by atoms with Crippen LogP contribution in [0.3, 0.4) is 0 Å². The van der Waals surface area contributed by atoms with E-state index in [2.05, 4.69) is 32.7 Å². The second-order valence-corrected chi connectivity index (χ2v) is 8.03. The monoisotopic (exact) mass is 426 g/mol. The van der Waals surface area contributed by atoms with Gasteiger partial charge in [-0.25, -0.2) is 4.98 Å². The van der Waals surface area contributed by atoms with Gasteiger partial charge in [0.15, 0.2) is 0 Å². The number of hydrogen-bond acceptors (Lipinski definition) is 4. The number of halogens is 3. The summed E-state index contributed by atoms with van der Waals surface area (Å²) in [5, 5.41) is 5.79. The third-order valence-corrected chi connectivity index (χ3v) is 5.65. The molecule has 2 N–H and O–H groups in total. The van der Waals surface area contributed by atoms with Crippen molar-refractivity contribution in [3.8, 4) is 0 Å². The van der Waals surface area contributed by atoms with E-state index in [4.69, 9.17) is 0 Å². The van der Waals surface area contributed by atoms with Crippen molar-refractivity contribution in [2.45, 2.75) is 51.1 Å². The maximum atomic E-state index is 13.5. The highest BCUT2D eigenvalue weighted by Crippen LogP contribution is 2.36. The van der Waals surface area contributed by atoms with Crippen LogP contribution in [0.2, 0.25) is 0 Å². The topological polar surface area (TPSA) is 49.8 Å². The van der Waals surface area contributed by atoms with E-state index in [1.165, 1.54) is 37.7 Å². The molecule has 1 aliphatic carbocycles. The van der Waals surface area contributed by atoms with Gasteiger partial charge in [-0.15, -0.1) is 0 Å². The minimum atomic E-state index is -4.56. The van der Waals surface area contributed by atoms with E-state index in [1.807, 2.05) is 31.2 Å². The summed E-state index contributed by atoms with van der Waals surface area (Å²) in [6.45, 7) is 1.91. The Morgan fingerprint density at radius 1 is 0.839 bits per heavy atom. The predicted octanol–water partition coefficient (Wildman–Crippen LogP) is 7.34. The van der Waals surface area contributed by atoms with Crippen molar-refractivity contribution in [1.29, 1.82) is 0 Å². The van der Waals surface area contributed by atoms with Gasteiger partial charge in [-0.2, -0.15) is 18.2 Å². The van der Waals surface area contributed by atoms with Crippen LogP contribution < -0.4 is 10.6 Å². The van der Waals surface area contributed by atoms with Crippen molar-refractivity contribution in [3.05, 3.63) is 71.4 Å². The first-order chi connectivity index (χ1) is 14.9. The van der Waals surface area contributed by atoms with Crippen LogP contribution in [0.25, 0.3) is 0 Å². The number of nitrogens with zero attached hydrogens (tertiary/aromatic N) is 2. The van der Waals surface area contributed by atoms with Gasteiger partial charge in [0, 0.05) is 17.6 Å². The van der Waals surface area contributed by atoms with Gasteiger partial charge in [0.1, 0.15) is 11.4 Å². The van der Waals surface area contributed by atoms with E-state index in [0.29, 0.717) is 11.6 Å². The normalized spacial score (nSPS) is 15.0. The van der Waals surface area contributed by atoms with Crippen LogP contribution in [0.5, 0.6) is 0 Å². The van der Waals surface area contributed by atoms with Crippen LogP contribution in [0.1, 0.15) is 54.7 Å². The first-order valence-electron chi connectivity index (χ1n) is 10.5. The number of nitrogens with one attached hydrogen (secondary N) is 2. The van der Waals surface area contributed by atoms with Crippen molar-refractivity contribution >= 4 is 23.1 Å². The number of rotatable bonds is 5. The Hall–Kier alpha value is -3.09. The fourth-order valence-corrected chi connectivity index (χ4v) is 3.92. The van der Waals surface area contributed by atoms with Gasteiger partial charge in [-0.3, -0.25) is 0 Å². The highest BCUT2D eigenvalue weighted by molar-refractivity contribution is 5.63. The van der Waals surface area contributed by atoms with Gasteiger partial charge in [0.25, 0.3) is 0 Å². The summed E-state index contributed by atoms with van der Waals surface area (Å²) in [4.78, 5) is 8.00. The molecule has 0 amide bonds. The molecule has 1 heterocycles. The zero-order chi connectivity index (χ0) is 21.8. The van der Waals surface area contributed by atoms with Crippen LogP contribution >= 0.6 is 0 Å². The zero-order valence-corrected chi connectivity index (χ0v) is 17.3. The number of alkyl halides is 3. The number of benzene rings is 2. The smallest absolute Gasteiger partial charge is 0.340 e. The molecule has 4 nitrogen and oxygen atoms in total. The lowest BCUT2D eigenvalue weighted by Crippen LogP contribution is -2.12. The second-order valence-electron chi connectivity index (χ2n) is 8.03. The zero-order valence-electron chi connectivity index (χ0n) is 17.3. The minimum absolute atomic E-state index is 0.105. The lowest BCUT2D eigenvalue weighted by atomic mass is 9.84. The maximum Gasteiger partial charge on any atom is 0.421 e. The van der Waals surface area contributed by atoms with E-state index in [0.717, 1.165) is 17.4 Å². The lowest BCUT2D eigenvalue weighted by molar-refractivity contribution is -0.137. The SMILES string of the molecule is Cc1ccc(Nc2nc(Nc3ccc(C4CCCCC4)cc3)ncc2C(F)(F)F)cc1. The number of aromatic nitrogens is 2. The molecule has 162 valence electrons. The van der Waals surface area contributed by atoms with Gasteiger partial charge in [0.2, 0.25) is 5.95 Å². The average molecular weight is 426 g/mol. The average Bonchev–Trinajstić information content (AvgIpc) is 2.76. The van der Waals surface area contributed by atoms with Gasteiger partial charge < -0.3 is 10.6 Å². The molecule has 1 fully saturated rings. The summed E-state index contributed by atoms with van der Waals surface area (Å²) in [6, 6.07) is 15.1. The molecule has 0 unspecified atom stereocenters. The van der Waals surface area contributed by atoms with Crippen LogP contribution in [0.15, 0.2) is 54.7 Å². The molecule has 0 spiro atoms. The second kappa shape index (κ2) is 8.96. The summed E-state index contributed by atoms with van der Waals surface area (Å²) in [5.41, 5.74) is 2.67. The molecule has 7 heteroatoms. The maximum absolute atomic E-state index is 13.5. The van der Waals surface area contributed by atoms with Crippen molar-refractivity contribution < 1.29 is 13.2 Å². The van der Waals surface area contributed by atoms with Gasteiger partial charge in [-0.1, -0.05) is 49.1 Å². The highest BCUT2D eigenvalue weighted by Gasteiger charge is 2.35. The Labute approximate surface area is 179 Å². The number of aryl methyl sites for hydroxylation is 1. The minimum Gasteiger partial charge on any atom is -0.340 e. The molecule has 2 aromatic carbocycles. The van der Waals surface area contributed by atoms with Gasteiger partial charge in [0.05, 0.1) is 0 Å². The van der Waals surface area contributed by atoms with Gasteiger partial charge >= 0.3 is 6.18 Å².